The van der Waals surface area contributed by atoms with Crippen molar-refractivity contribution in [3.63, 3.8) is 0 Å². The van der Waals surface area contributed by atoms with Crippen LogP contribution in [0.25, 0.3) is 0 Å². The van der Waals surface area contributed by atoms with Gasteiger partial charge in [-0.2, -0.15) is 0 Å². The summed E-state index contributed by atoms with van der Waals surface area (Å²) in [7, 11) is 0. The van der Waals surface area contributed by atoms with Crippen molar-refractivity contribution in [1.29, 1.82) is 0 Å². The van der Waals surface area contributed by atoms with E-state index in [0.29, 0.717) is 6.42 Å². The third-order valence-corrected chi connectivity index (χ3v) is 3.71. The fraction of sp³-hybridized carbons (Fsp3) is 0.250. The second-order valence-corrected chi connectivity index (χ2v) is 5.30. The zero-order valence-corrected chi connectivity index (χ0v) is 10.2. The molecule has 0 saturated carbocycles. The topological polar surface area (TPSA) is 33.1 Å². The highest BCUT2D eigenvalue weighted by molar-refractivity contribution is 7.16. The number of rotatable bonds is 4. The van der Waals surface area contributed by atoms with Crippen molar-refractivity contribution in [2.24, 2.45) is 0 Å². The Labute approximate surface area is 104 Å². The minimum Gasteiger partial charge on any atom is -0.388 e. The van der Waals surface area contributed by atoms with Crippen LogP contribution in [0.1, 0.15) is 23.0 Å². The van der Waals surface area contributed by atoms with Gasteiger partial charge in [0.15, 0.2) is 0 Å². The summed E-state index contributed by atoms with van der Waals surface area (Å²) in [5, 5.41) is 9.93. The number of aromatic nitrogens is 1. The Kier molecular flexibility index (Phi) is 3.93. The average molecular weight is 254 g/mol. The van der Waals surface area contributed by atoms with Crippen LogP contribution in [-0.2, 0) is 6.42 Å². The third-order valence-electron chi connectivity index (χ3n) is 2.38. The number of halogens is 1. The maximum absolute atomic E-state index is 9.93. The highest BCUT2D eigenvalue weighted by Crippen LogP contribution is 2.29. The van der Waals surface area contributed by atoms with E-state index in [-0.39, 0.29) is 0 Å². The van der Waals surface area contributed by atoms with Crippen LogP contribution < -0.4 is 0 Å². The van der Waals surface area contributed by atoms with Gasteiger partial charge >= 0.3 is 0 Å². The van der Waals surface area contributed by atoms with Crippen molar-refractivity contribution in [3.05, 3.63) is 51.4 Å². The summed E-state index contributed by atoms with van der Waals surface area (Å²) in [6.45, 7) is 0. The largest absolute Gasteiger partial charge is 0.388 e. The number of hydrogen-bond donors (Lipinski definition) is 1. The number of aryl methyl sites for hydroxylation is 1. The standard InChI is InChI=1S/C12H12ClNOS/c13-12-4-3-11(16-12)10(15)2-1-9-5-7-14-8-6-9/h3-8,10,15H,1-2H2. The van der Waals surface area contributed by atoms with Crippen molar-refractivity contribution in [3.8, 4) is 0 Å². The molecule has 0 aliphatic carbocycles. The average Bonchev–Trinajstić information content (AvgIpc) is 2.74. The molecule has 2 aromatic heterocycles. The highest BCUT2D eigenvalue weighted by Gasteiger charge is 2.09. The molecular weight excluding hydrogens is 242 g/mol. The first-order valence-electron chi connectivity index (χ1n) is 5.08. The molecule has 0 aliphatic heterocycles. The number of thiophene rings is 1. The third kappa shape index (κ3) is 3.04. The summed E-state index contributed by atoms with van der Waals surface area (Å²) >= 11 is 7.25. The van der Waals surface area contributed by atoms with Crippen LogP contribution in [0.4, 0.5) is 0 Å². The van der Waals surface area contributed by atoms with Crippen molar-refractivity contribution in [2.45, 2.75) is 18.9 Å². The fourth-order valence-corrected chi connectivity index (χ4v) is 2.58. The predicted molar refractivity (Wildman–Crippen MR) is 66.8 cm³/mol. The summed E-state index contributed by atoms with van der Waals surface area (Å²) in [5.74, 6) is 0. The highest BCUT2D eigenvalue weighted by atomic mass is 35.5. The zero-order valence-electron chi connectivity index (χ0n) is 8.64. The first kappa shape index (κ1) is 11.6. The molecule has 0 bridgehead atoms. The fourth-order valence-electron chi connectivity index (χ4n) is 1.50. The maximum Gasteiger partial charge on any atom is 0.0932 e. The van der Waals surface area contributed by atoms with E-state index in [1.54, 1.807) is 12.4 Å². The number of aliphatic hydroxyl groups is 1. The van der Waals surface area contributed by atoms with E-state index in [9.17, 15) is 5.11 Å². The molecule has 2 aromatic rings. The van der Waals surface area contributed by atoms with Gasteiger partial charge in [0.1, 0.15) is 0 Å². The molecule has 16 heavy (non-hydrogen) atoms. The molecule has 0 amide bonds. The van der Waals surface area contributed by atoms with Gasteiger partial charge in [0.25, 0.3) is 0 Å². The monoisotopic (exact) mass is 253 g/mol. The molecule has 4 heteroatoms. The Morgan fingerprint density at radius 3 is 2.62 bits per heavy atom. The summed E-state index contributed by atoms with van der Waals surface area (Å²) in [5.41, 5.74) is 1.19. The molecule has 2 nitrogen and oxygen atoms in total. The van der Waals surface area contributed by atoms with Crippen molar-refractivity contribution < 1.29 is 5.11 Å². The Bertz CT molecular complexity index is 443. The van der Waals surface area contributed by atoms with Gasteiger partial charge in [-0.25, -0.2) is 0 Å². The summed E-state index contributed by atoms with van der Waals surface area (Å²) < 4.78 is 0.720. The SMILES string of the molecule is OC(CCc1ccncc1)c1ccc(Cl)s1. The van der Waals surface area contributed by atoms with Gasteiger partial charge in [0, 0.05) is 17.3 Å². The first-order valence-corrected chi connectivity index (χ1v) is 6.27. The minimum atomic E-state index is -0.425. The Hall–Kier alpha value is -0.900. The van der Waals surface area contributed by atoms with Crippen LogP contribution in [-0.4, -0.2) is 10.1 Å². The van der Waals surface area contributed by atoms with Crippen LogP contribution in [0, 0.1) is 0 Å². The zero-order chi connectivity index (χ0) is 11.4. The normalized spacial score (nSPS) is 12.6. The van der Waals surface area contributed by atoms with Gasteiger partial charge in [-0.3, -0.25) is 4.98 Å². The van der Waals surface area contributed by atoms with Crippen LogP contribution in [0.2, 0.25) is 4.34 Å². The minimum absolute atomic E-state index is 0.425. The molecule has 0 aromatic carbocycles. The number of pyridine rings is 1. The van der Waals surface area contributed by atoms with Crippen molar-refractivity contribution in [2.75, 3.05) is 0 Å². The van der Waals surface area contributed by atoms with E-state index in [2.05, 4.69) is 4.98 Å². The molecular formula is C12H12ClNOS. The molecule has 1 unspecified atom stereocenters. The smallest absolute Gasteiger partial charge is 0.0932 e. The lowest BCUT2D eigenvalue weighted by atomic mass is 10.1. The van der Waals surface area contributed by atoms with Gasteiger partial charge in [0.05, 0.1) is 10.4 Å². The molecule has 0 aliphatic rings. The molecule has 1 N–H and O–H groups in total. The Morgan fingerprint density at radius 1 is 1.25 bits per heavy atom. The van der Waals surface area contributed by atoms with E-state index >= 15 is 0 Å². The number of hydrogen-bond acceptors (Lipinski definition) is 3. The van der Waals surface area contributed by atoms with Crippen LogP contribution >= 0.6 is 22.9 Å². The quantitative estimate of drug-likeness (QED) is 0.905. The summed E-state index contributed by atoms with van der Waals surface area (Å²) in [4.78, 5) is 4.89. The van der Waals surface area contributed by atoms with E-state index in [4.69, 9.17) is 11.6 Å². The van der Waals surface area contributed by atoms with Gasteiger partial charge in [-0.05, 0) is 42.7 Å². The van der Waals surface area contributed by atoms with Crippen molar-refractivity contribution in [1.82, 2.24) is 4.98 Å². The molecule has 0 spiro atoms. The Balaban J connectivity index is 1.91. The lowest BCUT2D eigenvalue weighted by Gasteiger charge is -2.07. The van der Waals surface area contributed by atoms with Gasteiger partial charge in [-0.15, -0.1) is 11.3 Å². The van der Waals surface area contributed by atoms with E-state index in [0.717, 1.165) is 15.6 Å². The van der Waals surface area contributed by atoms with Crippen LogP contribution in [0.15, 0.2) is 36.7 Å². The molecule has 1 atom stereocenters. The van der Waals surface area contributed by atoms with Crippen molar-refractivity contribution >= 4 is 22.9 Å². The second kappa shape index (κ2) is 5.43. The Morgan fingerprint density at radius 2 is 2.00 bits per heavy atom. The molecule has 0 fully saturated rings. The second-order valence-electron chi connectivity index (χ2n) is 3.55. The number of aliphatic hydroxyl groups excluding tert-OH is 1. The van der Waals surface area contributed by atoms with E-state index in [1.165, 1.54) is 16.9 Å². The summed E-state index contributed by atoms with van der Waals surface area (Å²) in [6, 6.07) is 7.63. The molecule has 2 heterocycles. The van der Waals surface area contributed by atoms with Crippen LogP contribution in [0.5, 0.6) is 0 Å². The van der Waals surface area contributed by atoms with Gasteiger partial charge < -0.3 is 5.11 Å². The summed E-state index contributed by atoms with van der Waals surface area (Å²) in [6.07, 6.45) is 4.67. The number of nitrogens with zero attached hydrogens (tertiary/aromatic N) is 1. The van der Waals surface area contributed by atoms with E-state index in [1.807, 2.05) is 24.3 Å². The first-order chi connectivity index (χ1) is 7.75. The van der Waals surface area contributed by atoms with E-state index < -0.39 is 6.10 Å². The molecule has 84 valence electrons. The molecule has 0 radical (unpaired) electrons. The van der Waals surface area contributed by atoms with Gasteiger partial charge in [0.2, 0.25) is 0 Å². The van der Waals surface area contributed by atoms with Gasteiger partial charge in [-0.1, -0.05) is 11.6 Å². The van der Waals surface area contributed by atoms with Crippen LogP contribution in [0.3, 0.4) is 0 Å². The maximum atomic E-state index is 9.93. The lowest BCUT2D eigenvalue weighted by molar-refractivity contribution is 0.171. The molecule has 0 saturated heterocycles. The predicted octanol–water partition coefficient (Wildman–Crippen LogP) is 3.46. The molecule has 2 rings (SSSR count). The lowest BCUT2D eigenvalue weighted by Crippen LogP contribution is -1.97.